The second-order valence-electron chi connectivity index (χ2n) is 8.49. The molecule has 8 nitrogen and oxygen atoms in total. The second-order valence-corrected chi connectivity index (χ2v) is 9.27. The number of rotatable bonds is 9. The third-order valence-corrected chi connectivity index (χ3v) is 6.90. The van der Waals surface area contributed by atoms with Crippen LogP contribution in [0.4, 0.5) is 0 Å². The molecule has 9 heteroatoms. The van der Waals surface area contributed by atoms with Crippen LogP contribution in [-0.4, -0.2) is 58.6 Å². The van der Waals surface area contributed by atoms with Crippen LogP contribution in [0.3, 0.4) is 0 Å². The fourth-order valence-electron chi connectivity index (χ4n) is 4.22. The van der Waals surface area contributed by atoms with Crippen LogP contribution in [0.2, 0.25) is 0 Å². The van der Waals surface area contributed by atoms with Crippen molar-refractivity contribution >= 4 is 23.1 Å². The van der Waals surface area contributed by atoms with E-state index in [1.54, 1.807) is 24.3 Å². The van der Waals surface area contributed by atoms with Crippen molar-refractivity contribution in [2.24, 2.45) is 10.9 Å². The first kappa shape index (κ1) is 24.2. The maximum absolute atomic E-state index is 12.7. The van der Waals surface area contributed by atoms with Crippen molar-refractivity contribution in [2.45, 2.75) is 58.7 Å². The number of nitrogens with zero attached hydrogens (tertiary/aromatic N) is 3. The highest BCUT2D eigenvalue weighted by molar-refractivity contribution is 7.07. The minimum Gasteiger partial charge on any atom is -0.409 e. The number of aryl methyl sites for hydroxylation is 2. The Morgan fingerprint density at radius 1 is 1.41 bits per heavy atom. The molecule has 0 radical (unpaired) electrons. The molecule has 2 aromatic heterocycles. The van der Waals surface area contributed by atoms with Gasteiger partial charge in [-0.1, -0.05) is 5.16 Å². The molecule has 5 N–H and O–H groups in total. The number of hydrogen-bond donors (Lipinski definition) is 4. The number of amidine groups is 1. The van der Waals surface area contributed by atoms with Gasteiger partial charge in [0.1, 0.15) is 5.69 Å². The molecule has 0 spiro atoms. The van der Waals surface area contributed by atoms with Crippen LogP contribution < -0.4 is 16.4 Å². The average molecular weight is 459 g/mol. The molecule has 1 saturated heterocycles. The first-order valence-electron chi connectivity index (χ1n) is 11.1. The number of likely N-dealkylation sites (tertiary alicyclic amines) is 1. The molecule has 0 unspecified atom stereocenters. The lowest BCUT2D eigenvalue weighted by Crippen LogP contribution is -2.46. The monoisotopic (exact) mass is 458 g/mol. The first-order chi connectivity index (χ1) is 15.4. The van der Waals surface area contributed by atoms with Crippen LogP contribution in [0.25, 0.3) is 0 Å². The van der Waals surface area contributed by atoms with E-state index in [1.165, 1.54) is 5.56 Å². The first-order valence-corrected chi connectivity index (χ1v) is 12.1. The van der Waals surface area contributed by atoms with Gasteiger partial charge in [0.05, 0.1) is 11.3 Å². The molecule has 0 aliphatic carbocycles. The summed E-state index contributed by atoms with van der Waals surface area (Å²) < 4.78 is 0. The Morgan fingerprint density at radius 3 is 2.78 bits per heavy atom. The lowest BCUT2D eigenvalue weighted by molar-refractivity contribution is 0.0942. The summed E-state index contributed by atoms with van der Waals surface area (Å²) >= 11 is 1.74. The van der Waals surface area contributed by atoms with E-state index in [4.69, 9.17) is 10.9 Å². The fourth-order valence-corrected chi connectivity index (χ4v) is 4.89. The van der Waals surface area contributed by atoms with E-state index in [0.29, 0.717) is 35.6 Å². The van der Waals surface area contributed by atoms with Crippen LogP contribution in [0.1, 0.15) is 59.1 Å². The van der Waals surface area contributed by atoms with E-state index >= 15 is 0 Å². The van der Waals surface area contributed by atoms with Gasteiger partial charge in [0, 0.05) is 25.2 Å². The lowest BCUT2D eigenvalue weighted by Gasteiger charge is -2.36. The number of hydrogen-bond acceptors (Lipinski definition) is 7. The van der Waals surface area contributed by atoms with Gasteiger partial charge in [-0.15, -0.1) is 0 Å². The van der Waals surface area contributed by atoms with Crippen LogP contribution in [0.15, 0.2) is 28.0 Å². The summed E-state index contributed by atoms with van der Waals surface area (Å²) in [7, 11) is 0. The standard InChI is InChI=1S/C23H34N6O2S/c1-15-12-20(22(24)28-31)27-17(3)21(15)23(30)25-8-4-16(2)29-9-5-19(6-10-29)26-13-18-7-11-32-14-18/h7,11-12,14,16,19,26,31H,4-6,8-10,13H2,1-3H3,(H2,24,28)(H,25,30)/t16-/m1/s1. The lowest BCUT2D eigenvalue weighted by atomic mass is 10.0. The minimum atomic E-state index is -0.137. The SMILES string of the molecule is Cc1cc(C(N)=NO)nc(C)c1C(=O)NCC[C@@H](C)N1CCC(NCc2ccsc2)CC1. The van der Waals surface area contributed by atoms with Crippen molar-refractivity contribution in [3.05, 3.63) is 51.0 Å². The zero-order valence-corrected chi connectivity index (χ0v) is 19.9. The average Bonchev–Trinajstić information content (AvgIpc) is 3.30. The van der Waals surface area contributed by atoms with Crippen molar-refractivity contribution in [1.29, 1.82) is 0 Å². The van der Waals surface area contributed by atoms with Gasteiger partial charge >= 0.3 is 0 Å². The highest BCUT2D eigenvalue weighted by Crippen LogP contribution is 2.17. The van der Waals surface area contributed by atoms with Gasteiger partial charge < -0.3 is 26.5 Å². The van der Waals surface area contributed by atoms with Gasteiger partial charge in [-0.3, -0.25) is 4.79 Å². The molecule has 32 heavy (non-hydrogen) atoms. The highest BCUT2D eigenvalue weighted by atomic mass is 32.1. The summed E-state index contributed by atoms with van der Waals surface area (Å²) in [4.78, 5) is 19.5. The number of aromatic nitrogens is 1. The van der Waals surface area contributed by atoms with Gasteiger partial charge in [0.2, 0.25) is 0 Å². The molecular formula is C23H34N6O2S. The van der Waals surface area contributed by atoms with E-state index in [0.717, 1.165) is 44.5 Å². The molecule has 3 rings (SSSR count). The Kier molecular flexibility index (Phi) is 8.60. The normalized spacial score (nSPS) is 16.8. The summed E-state index contributed by atoms with van der Waals surface area (Å²) in [6, 6.07) is 4.83. The number of piperidine rings is 1. The Balaban J connectivity index is 1.42. The molecule has 3 heterocycles. The third kappa shape index (κ3) is 6.27. The summed E-state index contributed by atoms with van der Waals surface area (Å²) in [5.74, 6) is -0.204. The van der Waals surface area contributed by atoms with Gasteiger partial charge in [0.25, 0.3) is 5.91 Å². The Bertz CT molecular complexity index is 900. The number of amides is 1. The van der Waals surface area contributed by atoms with Crippen molar-refractivity contribution in [3.63, 3.8) is 0 Å². The van der Waals surface area contributed by atoms with Gasteiger partial charge in [0.15, 0.2) is 5.84 Å². The second kappa shape index (κ2) is 11.4. The van der Waals surface area contributed by atoms with Crippen LogP contribution in [-0.2, 0) is 6.54 Å². The molecule has 174 valence electrons. The van der Waals surface area contributed by atoms with E-state index in [1.807, 2.05) is 6.92 Å². The third-order valence-electron chi connectivity index (χ3n) is 6.17. The number of oxime groups is 1. The highest BCUT2D eigenvalue weighted by Gasteiger charge is 2.23. The Labute approximate surface area is 193 Å². The number of thiophene rings is 1. The van der Waals surface area contributed by atoms with Gasteiger partial charge in [-0.05, 0) is 87.1 Å². The Hall–Kier alpha value is -2.49. The van der Waals surface area contributed by atoms with E-state index in [2.05, 4.69) is 49.4 Å². The van der Waals surface area contributed by atoms with Crippen LogP contribution in [0.5, 0.6) is 0 Å². The van der Waals surface area contributed by atoms with Crippen molar-refractivity contribution < 1.29 is 10.0 Å². The van der Waals surface area contributed by atoms with Gasteiger partial charge in [-0.25, -0.2) is 4.98 Å². The molecule has 0 bridgehead atoms. The summed E-state index contributed by atoms with van der Waals surface area (Å²) in [6.45, 7) is 9.53. The molecule has 1 aliphatic heterocycles. The van der Waals surface area contributed by atoms with Crippen molar-refractivity contribution in [2.75, 3.05) is 19.6 Å². The summed E-state index contributed by atoms with van der Waals surface area (Å²) in [5.41, 5.74) is 9.21. The topological polar surface area (TPSA) is 116 Å². The van der Waals surface area contributed by atoms with Crippen molar-refractivity contribution in [3.8, 4) is 0 Å². The van der Waals surface area contributed by atoms with E-state index < -0.39 is 0 Å². The molecule has 0 aromatic carbocycles. The molecule has 2 aromatic rings. The minimum absolute atomic E-state index is 0.0672. The maximum atomic E-state index is 12.7. The zero-order chi connectivity index (χ0) is 23.1. The largest absolute Gasteiger partial charge is 0.409 e. The predicted octanol–water partition coefficient (Wildman–Crippen LogP) is 2.62. The zero-order valence-electron chi connectivity index (χ0n) is 19.1. The molecule has 0 saturated carbocycles. The number of carbonyl (C=O) groups excluding carboxylic acids is 1. The maximum Gasteiger partial charge on any atom is 0.253 e. The summed E-state index contributed by atoms with van der Waals surface area (Å²) in [6.07, 6.45) is 3.20. The Morgan fingerprint density at radius 2 is 2.16 bits per heavy atom. The molecular weight excluding hydrogens is 424 g/mol. The fraction of sp³-hybridized carbons (Fsp3) is 0.522. The van der Waals surface area contributed by atoms with E-state index in [9.17, 15) is 4.79 Å². The molecule has 1 amide bonds. The van der Waals surface area contributed by atoms with Crippen LogP contribution in [0, 0.1) is 13.8 Å². The molecule has 1 atom stereocenters. The van der Waals surface area contributed by atoms with Gasteiger partial charge in [-0.2, -0.15) is 11.3 Å². The summed E-state index contributed by atoms with van der Waals surface area (Å²) in [5, 5.41) is 22.8. The molecule has 1 aliphatic rings. The quantitative estimate of drug-likeness (QED) is 0.199. The smallest absolute Gasteiger partial charge is 0.253 e. The molecule has 1 fully saturated rings. The predicted molar refractivity (Wildman–Crippen MR) is 128 cm³/mol. The number of carbonyl (C=O) groups is 1. The number of pyridine rings is 1. The van der Waals surface area contributed by atoms with Crippen molar-refractivity contribution in [1.82, 2.24) is 20.5 Å². The number of nitrogens with two attached hydrogens (primary N) is 1. The van der Waals surface area contributed by atoms with E-state index in [-0.39, 0.29) is 11.7 Å². The number of nitrogens with one attached hydrogen (secondary N) is 2. The van der Waals surface area contributed by atoms with Crippen LogP contribution >= 0.6 is 11.3 Å².